The van der Waals surface area contributed by atoms with Crippen LogP contribution in [0.1, 0.15) is 40.2 Å². The Labute approximate surface area is 156 Å². The van der Waals surface area contributed by atoms with Crippen LogP contribution >= 0.6 is 0 Å². The van der Waals surface area contributed by atoms with E-state index in [1.165, 1.54) is 30.4 Å². The number of hydrogen-bond acceptors (Lipinski definition) is 4. The standard InChI is InChI=1S/C21H29N3O2/c1-16-7-4-5-9-19(16)10-12-24-11-6-8-18(14-24)13-23(3)21(25)20-17(2)22-15-26-20/h4-5,7,9,15,18H,6,8,10-14H2,1-3H3. The van der Waals surface area contributed by atoms with E-state index >= 15 is 0 Å². The summed E-state index contributed by atoms with van der Waals surface area (Å²) in [7, 11) is 1.86. The Morgan fingerprint density at radius 3 is 2.88 bits per heavy atom. The highest BCUT2D eigenvalue weighted by Crippen LogP contribution is 2.19. The fraction of sp³-hybridized carbons (Fsp3) is 0.524. The summed E-state index contributed by atoms with van der Waals surface area (Å²) in [5, 5.41) is 0. The van der Waals surface area contributed by atoms with E-state index in [0.717, 1.165) is 32.6 Å². The van der Waals surface area contributed by atoms with Crippen LogP contribution in [0, 0.1) is 19.8 Å². The first-order valence-electron chi connectivity index (χ1n) is 9.47. The van der Waals surface area contributed by atoms with Crippen molar-refractivity contribution in [2.75, 3.05) is 33.2 Å². The number of amides is 1. The zero-order valence-electron chi connectivity index (χ0n) is 16.1. The van der Waals surface area contributed by atoms with Crippen LogP contribution in [-0.4, -0.2) is 53.9 Å². The monoisotopic (exact) mass is 355 g/mol. The molecule has 1 amide bonds. The van der Waals surface area contributed by atoms with Gasteiger partial charge in [-0.1, -0.05) is 24.3 Å². The SMILES string of the molecule is Cc1ccccc1CCN1CCCC(CN(C)C(=O)c2ocnc2C)C1. The fourth-order valence-electron chi connectivity index (χ4n) is 3.82. The molecule has 1 aliphatic heterocycles. The predicted octanol–water partition coefficient (Wildman–Crippen LogP) is 3.32. The second kappa shape index (κ2) is 8.49. The zero-order valence-corrected chi connectivity index (χ0v) is 16.1. The van der Waals surface area contributed by atoms with Gasteiger partial charge < -0.3 is 14.2 Å². The van der Waals surface area contributed by atoms with Crippen molar-refractivity contribution in [3.05, 3.63) is 53.2 Å². The van der Waals surface area contributed by atoms with Crippen molar-refractivity contribution in [1.82, 2.24) is 14.8 Å². The van der Waals surface area contributed by atoms with E-state index in [4.69, 9.17) is 4.42 Å². The second-order valence-electron chi connectivity index (χ2n) is 7.44. The first-order chi connectivity index (χ1) is 12.5. The molecule has 0 saturated carbocycles. The van der Waals surface area contributed by atoms with E-state index in [0.29, 0.717) is 17.4 Å². The molecule has 140 valence electrons. The first-order valence-corrected chi connectivity index (χ1v) is 9.47. The van der Waals surface area contributed by atoms with Crippen LogP contribution in [-0.2, 0) is 6.42 Å². The van der Waals surface area contributed by atoms with Crippen LogP contribution < -0.4 is 0 Å². The van der Waals surface area contributed by atoms with Crippen molar-refractivity contribution in [1.29, 1.82) is 0 Å². The molecule has 0 spiro atoms. The van der Waals surface area contributed by atoms with Crippen molar-refractivity contribution < 1.29 is 9.21 Å². The topological polar surface area (TPSA) is 49.6 Å². The van der Waals surface area contributed by atoms with Gasteiger partial charge in [0.25, 0.3) is 5.91 Å². The van der Waals surface area contributed by atoms with E-state index in [9.17, 15) is 4.79 Å². The summed E-state index contributed by atoms with van der Waals surface area (Å²) < 4.78 is 5.24. The molecule has 2 heterocycles. The quantitative estimate of drug-likeness (QED) is 0.798. The molecule has 1 unspecified atom stereocenters. The summed E-state index contributed by atoms with van der Waals surface area (Å²) >= 11 is 0. The van der Waals surface area contributed by atoms with E-state index < -0.39 is 0 Å². The number of oxazole rings is 1. The Bertz CT molecular complexity index is 740. The van der Waals surface area contributed by atoms with Gasteiger partial charge in [0.1, 0.15) is 0 Å². The van der Waals surface area contributed by atoms with Crippen molar-refractivity contribution in [3.8, 4) is 0 Å². The molecule has 1 aromatic carbocycles. The minimum Gasteiger partial charge on any atom is -0.438 e. The molecule has 26 heavy (non-hydrogen) atoms. The van der Waals surface area contributed by atoms with E-state index in [-0.39, 0.29) is 5.91 Å². The molecule has 3 rings (SSSR count). The molecule has 0 N–H and O–H groups in total. The lowest BCUT2D eigenvalue weighted by atomic mass is 9.96. The van der Waals surface area contributed by atoms with Gasteiger partial charge in [0.05, 0.1) is 5.69 Å². The van der Waals surface area contributed by atoms with Gasteiger partial charge in [-0.3, -0.25) is 4.79 Å². The number of likely N-dealkylation sites (tertiary alicyclic amines) is 1. The molecule has 1 fully saturated rings. The highest BCUT2D eigenvalue weighted by molar-refractivity contribution is 5.92. The second-order valence-corrected chi connectivity index (χ2v) is 7.44. The predicted molar refractivity (Wildman–Crippen MR) is 102 cm³/mol. The van der Waals surface area contributed by atoms with Gasteiger partial charge in [0, 0.05) is 26.7 Å². The van der Waals surface area contributed by atoms with Gasteiger partial charge >= 0.3 is 0 Å². The fourth-order valence-corrected chi connectivity index (χ4v) is 3.82. The van der Waals surface area contributed by atoms with Crippen molar-refractivity contribution in [2.45, 2.75) is 33.1 Å². The number of carbonyl (C=O) groups is 1. The van der Waals surface area contributed by atoms with Gasteiger partial charge in [-0.2, -0.15) is 0 Å². The van der Waals surface area contributed by atoms with Gasteiger partial charge in [-0.15, -0.1) is 0 Å². The maximum absolute atomic E-state index is 12.5. The Balaban J connectivity index is 1.51. The maximum atomic E-state index is 12.5. The molecule has 2 aromatic rings. The van der Waals surface area contributed by atoms with Crippen LogP contribution in [0.2, 0.25) is 0 Å². The Morgan fingerprint density at radius 1 is 1.35 bits per heavy atom. The molecular formula is C21H29N3O2. The minimum atomic E-state index is -0.0722. The highest BCUT2D eigenvalue weighted by Gasteiger charge is 2.25. The summed E-state index contributed by atoms with van der Waals surface area (Å²) in [5.74, 6) is 0.801. The summed E-state index contributed by atoms with van der Waals surface area (Å²) in [5.41, 5.74) is 3.46. The highest BCUT2D eigenvalue weighted by atomic mass is 16.3. The number of aromatic nitrogens is 1. The van der Waals surface area contributed by atoms with Gasteiger partial charge in [0.2, 0.25) is 5.76 Å². The Morgan fingerprint density at radius 2 is 2.15 bits per heavy atom. The third kappa shape index (κ3) is 4.52. The number of aryl methyl sites for hydroxylation is 2. The average Bonchev–Trinajstić information content (AvgIpc) is 3.06. The third-order valence-corrected chi connectivity index (χ3v) is 5.38. The number of piperidine rings is 1. The molecule has 1 saturated heterocycles. The van der Waals surface area contributed by atoms with E-state index in [1.807, 2.05) is 7.05 Å². The Kier molecular flexibility index (Phi) is 6.09. The normalized spacial score (nSPS) is 18.0. The van der Waals surface area contributed by atoms with Crippen molar-refractivity contribution in [3.63, 3.8) is 0 Å². The lowest BCUT2D eigenvalue weighted by Gasteiger charge is -2.34. The number of rotatable bonds is 6. The van der Waals surface area contributed by atoms with Crippen LogP contribution in [0.25, 0.3) is 0 Å². The molecule has 1 aliphatic rings. The van der Waals surface area contributed by atoms with Gasteiger partial charge in [-0.05, 0) is 56.7 Å². The van der Waals surface area contributed by atoms with Gasteiger partial charge in [-0.25, -0.2) is 4.98 Å². The van der Waals surface area contributed by atoms with E-state index in [1.54, 1.807) is 11.8 Å². The lowest BCUT2D eigenvalue weighted by molar-refractivity contribution is 0.0699. The lowest BCUT2D eigenvalue weighted by Crippen LogP contribution is -2.42. The molecular weight excluding hydrogens is 326 g/mol. The third-order valence-electron chi connectivity index (χ3n) is 5.38. The molecule has 0 bridgehead atoms. The summed E-state index contributed by atoms with van der Waals surface area (Å²) in [6.07, 6.45) is 4.80. The summed E-state index contributed by atoms with van der Waals surface area (Å²) in [6, 6.07) is 8.62. The molecule has 5 nitrogen and oxygen atoms in total. The molecule has 1 atom stereocenters. The number of hydrogen-bond donors (Lipinski definition) is 0. The smallest absolute Gasteiger partial charge is 0.291 e. The zero-order chi connectivity index (χ0) is 18.5. The van der Waals surface area contributed by atoms with Gasteiger partial charge in [0.15, 0.2) is 6.39 Å². The number of carbonyl (C=O) groups excluding carboxylic acids is 1. The molecule has 0 radical (unpaired) electrons. The average molecular weight is 355 g/mol. The number of benzene rings is 1. The molecule has 1 aromatic heterocycles. The summed E-state index contributed by atoms with van der Waals surface area (Å²) in [4.78, 5) is 20.8. The van der Waals surface area contributed by atoms with Crippen LogP contribution in [0.15, 0.2) is 35.1 Å². The largest absolute Gasteiger partial charge is 0.438 e. The maximum Gasteiger partial charge on any atom is 0.291 e. The molecule has 0 aliphatic carbocycles. The molecule has 5 heteroatoms. The van der Waals surface area contributed by atoms with Crippen molar-refractivity contribution >= 4 is 5.91 Å². The van der Waals surface area contributed by atoms with E-state index in [2.05, 4.69) is 41.1 Å². The number of nitrogens with zero attached hydrogens (tertiary/aromatic N) is 3. The Hall–Kier alpha value is -2.14. The minimum absolute atomic E-state index is 0.0722. The summed E-state index contributed by atoms with van der Waals surface area (Å²) in [6.45, 7) is 8.04. The first kappa shape index (κ1) is 18.6. The van der Waals surface area contributed by atoms with Crippen LogP contribution in [0.4, 0.5) is 0 Å². The van der Waals surface area contributed by atoms with Crippen LogP contribution in [0.5, 0.6) is 0 Å². The van der Waals surface area contributed by atoms with Crippen molar-refractivity contribution in [2.24, 2.45) is 5.92 Å². The van der Waals surface area contributed by atoms with Crippen LogP contribution in [0.3, 0.4) is 0 Å².